The molecule has 0 aliphatic rings. The number of ketones is 1. The van der Waals surface area contributed by atoms with Gasteiger partial charge in [-0.15, -0.1) is 0 Å². The molecule has 0 spiro atoms. The first kappa shape index (κ1) is 13.3. The van der Waals surface area contributed by atoms with Crippen molar-refractivity contribution in [3.8, 4) is 17.2 Å². The van der Waals surface area contributed by atoms with Crippen LogP contribution in [0.15, 0.2) is 12.1 Å². The van der Waals surface area contributed by atoms with Gasteiger partial charge in [0.2, 0.25) is 5.75 Å². The quantitative estimate of drug-likeness (QED) is 0.749. The van der Waals surface area contributed by atoms with E-state index in [1.54, 1.807) is 12.1 Å². The molecular formula is C12H15O5. The van der Waals surface area contributed by atoms with Crippen molar-refractivity contribution in [2.75, 3.05) is 27.9 Å². The van der Waals surface area contributed by atoms with E-state index < -0.39 is 6.61 Å². The smallest absolute Gasteiger partial charge is 0.203 e. The Kier molecular flexibility index (Phi) is 4.78. The normalized spacial score (nSPS) is 9.88. The largest absolute Gasteiger partial charge is 0.493 e. The molecule has 1 radical (unpaired) electrons. The molecule has 0 atom stereocenters. The van der Waals surface area contributed by atoms with Gasteiger partial charge in [0, 0.05) is 6.42 Å². The Hall–Kier alpha value is -1.75. The summed E-state index contributed by atoms with van der Waals surface area (Å²) in [7, 11) is 4.50. The second-order valence-corrected chi connectivity index (χ2v) is 3.39. The summed E-state index contributed by atoms with van der Waals surface area (Å²) < 4.78 is 15.4. The van der Waals surface area contributed by atoms with Crippen LogP contribution in [-0.2, 0) is 16.3 Å². The van der Waals surface area contributed by atoms with E-state index in [4.69, 9.17) is 14.2 Å². The van der Waals surface area contributed by atoms with Gasteiger partial charge in [-0.2, -0.15) is 0 Å². The molecule has 0 saturated carbocycles. The van der Waals surface area contributed by atoms with Crippen LogP contribution < -0.4 is 14.2 Å². The van der Waals surface area contributed by atoms with Crippen molar-refractivity contribution in [2.45, 2.75) is 6.42 Å². The Morgan fingerprint density at radius 3 is 1.94 bits per heavy atom. The highest BCUT2D eigenvalue weighted by Gasteiger charge is 2.14. The predicted molar refractivity (Wildman–Crippen MR) is 60.4 cm³/mol. The van der Waals surface area contributed by atoms with Crippen LogP contribution in [-0.4, -0.2) is 33.7 Å². The maximum atomic E-state index is 11.1. The maximum Gasteiger partial charge on any atom is 0.203 e. The summed E-state index contributed by atoms with van der Waals surface area (Å²) in [5, 5.41) is 10.4. The average molecular weight is 239 g/mol. The third-order valence-corrected chi connectivity index (χ3v) is 2.29. The molecule has 0 unspecified atom stereocenters. The number of benzene rings is 1. The molecule has 0 amide bonds. The monoisotopic (exact) mass is 239 g/mol. The third kappa shape index (κ3) is 3.10. The van der Waals surface area contributed by atoms with Gasteiger partial charge in [0.15, 0.2) is 17.3 Å². The van der Waals surface area contributed by atoms with E-state index in [2.05, 4.69) is 0 Å². The standard InChI is InChI=1S/C12H15O5/c1-15-10-5-8(4-9(14)7-13)6-11(16-2)12(10)17-3/h5-6H,4,7H2,1-3H3. The minimum absolute atomic E-state index is 0.0697. The lowest BCUT2D eigenvalue weighted by Gasteiger charge is -2.13. The van der Waals surface area contributed by atoms with Crippen molar-refractivity contribution in [3.05, 3.63) is 17.7 Å². The molecule has 93 valence electrons. The van der Waals surface area contributed by atoms with Gasteiger partial charge >= 0.3 is 0 Å². The van der Waals surface area contributed by atoms with Gasteiger partial charge < -0.3 is 14.2 Å². The molecule has 1 rings (SSSR count). The summed E-state index contributed by atoms with van der Waals surface area (Å²) in [5.41, 5.74) is 0.667. The molecule has 0 aliphatic carbocycles. The Morgan fingerprint density at radius 2 is 1.59 bits per heavy atom. The Bertz CT molecular complexity index is 375. The summed E-state index contributed by atoms with van der Waals surface area (Å²) >= 11 is 0. The zero-order valence-corrected chi connectivity index (χ0v) is 10.1. The van der Waals surface area contributed by atoms with Gasteiger partial charge in [0.1, 0.15) is 6.61 Å². The average Bonchev–Trinajstić information content (AvgIpc) is 2.37. The van der Waals surface area contributed by atoms with Crippen LogP contribution in [0.4, 0.5) is 0 Å². The molecule has 5 heteroatoms. The van der Waals surface area contributed by atoms with E-state index in [-0.39, 0.29) is 12.2 Å². The van der Waals surface area contributed by atoms with E-state index in [1.807, 2.05) is 0 Å². The second-order valence-electron chi connectivity index (χ2n) is 3.39. The number of hydrogen-bond acceptors (Lipinski definition) is 4. The fraction of sp³-hybridized carbons (Fsp3) is 0.417. The molecular weight excluding hydrogens is 224 g/mol. The van der Waals surface area contributed by atoms with E-state index in [9.17, 15) is 9.90 Å². The highest BCUT2D eigenvalue weighted by molar-refractivity contribution is 5.82. The minimum Gasteiger partial charge on any atom is -0.493 e. The molecule has 0 aliphatic heterocycles. The summed E-state index contributed by atoms with van der Waals surface area (Å²) in [4.78, 5) is 11.1. The molecule has 0 heterocycles. The van der Waals surface area contributed by atoms with Gasteiger partial charge in [-0.25, -0.2) is 5.11 Å². The predicted octanol–water partition coefficient (Wildman–Crippen LogP) is 1.25. The van der Waals surface area contributed by atoms with Gasteiger partial charge in [0.05, 0.1) is 21.3 Å². The molecule has 0 N–H and O–H groups in total. The lowest BCUT2D eigenvalue weighted by Crippen LogP contribution is -2.07. The van der Waals surface area contributed by atoms with Crippen LogP contribution in [0.2, 0.25) is 0 Å². The molecule has 0 aromatic heterocycles. The highest BCUT2D eigenvalue weighted by atomic mass is 16.5. The van der Waals surface area contributed by atoms with Crippen LogP contribution in [0.3, 0.4) is 0 Å². The molecule has 0 saturated heterocycles. The molecule has 0 fully saturated rings. The first-order valence-corrected chi connectivity index (χ1v) is 5.05. The number of carbonyl (C=O) groups excluding carboxylic acids is 1. The summed E-state index contributed by atoms with van der Waals surface area (Å²) in [5.74, 6) is 1.04. The number of ether oxygens (including phenoxy) is 3. The first-order valence-electron chi connectivity index (χ1n) is 5.05. The third-order valence-electron chi connectivity index (χ3n) is 2.29. The fourth-order valence-corrected chi connectivity index (χ4v) is 1.52. The molecule has 1 aromatic rings. The van der Waals surface area contributed by atoms with E-state index >= 15 is 0 Å². The number of carbonyl (C=O) groups is 1. The van der Waals surface area contributed by atoms with Gasteiger partial charge in [-0.1, -0.05) is 0 Å². The van der Waals surface area contributed by atoms with Crippen molar-refractivity contribution in [1.29, 1.82) is 0 Å². The maximum absolute atomic E-state index is 11.1. The van der Waals surface area contributed by atoms with Crippen LogP contribution in [0.5, 0.6) is 17.2 Å². The van der Waals surface area contributed by atoms with Crippen LogP contribution in [0.1, 0.15) is 5.56 Å². The zero-order valence-electron chi connectivity index (χ0n) is 10.1. The Morgan fingerprint density at radius 1 is 1.06 bits per heavy atom. The van der Waals surface area contributed by atoms with Crippen molar-refractivity contribution >= 4 is 5.78 Å². The number of hydrogen-bond donors (Lipinski definition) is 0. The fourth-order valence-electron chi connectivity index (χ4n) is 1.52. The van der Waals surface area contributed by atoms with Crippen LogP contribution in [0.25, 0.3) is 0 Å². The number of rotatable bonds is 6. The van der Waals surface area contributed by atoms with Gasteiger partial charge in [-0.3, -0.25) is 4.79 Å². The van der Waals surface area contributed by atoms with E-state index in [0.717, 1.165) is 0 Å². The summed E-state index contributed by atoms with van der Waals surface area (Å²) in [6.45, 7) is -0.726. The molecule has 17 heavy (non-hydrogen) atoms. The van der Waals surface area contributed by atoms with E-state index in [1.165, 1.54) is 21.3 Å². The Balaban J connectivity index is 3.13. The number of Topliss-reactive ketones (excluding diaryl/α,β-unsaturated/α-hetero) is 1. The topological polar surface area (TPSA) is 64.7 Å². The number of methoxy groups -OCH3 is 3. The van der Waals surface area contributed by atoms with Gasteiger partial charge in [0.25, 0.3) is 0 Å². The molecule has 0 bridgehead atoms. The van der Waals surface area contributed by atoms with Crippen LogP contribution in [0, 0.1) is 0 Å². The van der Waals surface area contributed by atoms with Crippen molar-refractivity contribution in [2.24, 2.45) is 0 Å². The van der Waals surface area contributed by atoms with Gasteiger partial charge in [-0.05, 0) is 17.7 Å². The minimum atomic E-state index is -0.726. The highest BCUT2D eigenvalue weighted by Crippen LogP contribution is 2.38. The molecule has 1 aromatic carbocycles. The lowest BCUT2D eigenvalue weighted by atomic mass is 10.1. The SMILES string of the molecule is COc1cc(CC(=O)C[O])cc(OC)c1OC. The summed E-state index contributed by atoms with van der Waals surface area (Å²) in [6, 6.07) is 3.32. The zero-order chi connectivity index (χ0) is 12.8. The van der Waals surface area contributed by atoms with Crippen molar-refractivity contribution < 1.29 is 24.1 Å². The van der Waals surface area contributed by atoms with Crippen molar-refractivity contribution in [1.82, 2.24) is 0 Å². The summed E-state index contributed by atoms with van der Waals surface area (Å²) in [6.07, 6.45) is 0.0697. The molecule has 5 nitrogen and oxygen atoms in total. The van der Waals surface area contributed by atoms with E-state index in [0.29, 0.717) is 22.8 Å². The van der Waals surface area contributed by atoms with Crippen LogP contribution >= 0.6 is 0 Å². The lowest BCUT2D eigenvalue weighted by molar-refractivity contribution is -0.122. The second kappa shape index (κ2) is 6.10. The van der Waals surface area contributed by atoms with Crippen molar-refractivity contribution in [3.63, 3.8) is 0 Å². The first-order chi connectivity index (χ1) is 8.15. The Labute approximate surface area is 99.9 Å².